The number of unbranched alkanes of at least 4 members (excludes halogenated alkanes) is 39. The lowest BCUT2D eigenvalue weighted by Crippen LogP contribution is -2.50. The highest BCUT2D eigenvalue weighted by atomic mass is 28.4. The van der Waals surface area contributed by atoms with Crippen molar-refractivity contribution < 1.29 is 47.6 Å². The normalized spacial score (nSPS) is 16.0. The number of nitrogens with one attached hydrogen (secondary N) is 1. The second-order valence-electron chi connectivity index (χ2n) is 27.8. The van der Waals surface area contributed by atoms with E-state index in [0.717, 1.165) is 51.4 Å². The lowest BCUT2D eigenvalue weighted by Gasteiger charge is -2.40. The Labute approximate surface area is 549 Å². The number of carbonyl (C=O) groups is 3. The SMILES string of the molecule is CCCCCCCCCCCCCCCCOc1cc(C(=O)Nc2ccn([C@@H]3O[C@H](CO)[C@@H](OC(=O)CCC(C)=O)[C@H]3O[Si](C)(C)C(C)(C)C)c(=O)n2)cc(OCCCCCCCCCCCCCCCC)c1OCCCCCCCCCCCCCCCC. The molecule has 3 rings (SSSR count). The maximum Gasteiger partial charge on any atom is 0.351 e. The van der Waals surface area contributed by atoms with Crippen molar-refractivity contribution in [3.05, 3.63) is 40.4 Å². The highest BCUT2D eigenvalue weighted by molar-refractivity contribution is 6.74. The number of nitrogens with zero attached hydrogens (tertiary/aromatic N) is 2. The van der Waals surface area contributed by atoms with Crippen LogP contribution < -0.4 is 25.2 Å². The molecule has 2 N–H and O–H groups in total. The zero-order chi connectivity index (χ0) is 65.5. The van der Waals surface area contributed by atoms with Gasteiger partial charge in [0.15, 0.2) is 32.1 Å². The van der Waals surface area contributed by atoms with Crippen molar-refractivity contribution in [3.8, 4) is 17.2 Å². The zero-order valence-corrected chi connectivity index (χ0v) is 60.0. The number of Topliss-reactive ketones (excluding diaryl/α,β-unsaturated/α-hetero) is 1. The van der Waals surface area contributed by atoms with E-state index >= 15 is 0 Å². The fraction of sp³-hybridized carbons (Fsp3) is 0.827. The molecule has 1 fully saturated rings. The molecule has 1 amide bonds. The summed E-state index contributed by atoms with van der Waals surface area (Å²) >= 11 is 0. The number of rotatable bonds is 58. The lowest BCUT2D eigenvalue weighted by molar-refractivity contribution is -0.156. The van der Waals surface area contributed by atoms with Gasteiger partial charge in [0.05, 0.1) is 32.8 Å². The summed E-state index contributed by atoms with van der Waals surface area (Å²) in [5.41, 5.74) is -0.470. The first-order chi connectivity index (χ1) is 43.6. The van der Waals surface area contributed by atoms with Gasteiger partial charge in [-0.2, -0.15) is 4.98 Å². The highest BCUT2D eigenvalue weighted by Crippen LogP contribution is 2.43. The molecule has 14 nitrogen and oxygen atoms in total. The molecular weight excluding hydrogens is 1150 g/mol. The minimum atomic E-state index is -2.63. The van der Waals surface area contributed by atoms with Crippen LogP contribution in [0.2, 0.25) is 18.1 Å². The van der Waals surface area contributed by atoms with Crippen LogP contribution in [-0.2, 0) is 23.5 Å². The molecule has 0 aliphatic carbocycles. The number of hydrogen-bond donors (Lipinski definition) is 2. The third-order valence-corrected chi connectivity index (χ3v) is 23.0. The molecule has 15 heteroatoms. The van der Waals surface area contributed by atoms with Crippen LogP contribution in [-0.4, -0.2) is 85.4 Å². The molecule has 90 heavy (non-hydrogen) atoms. The molecule has 1 aromatic carbocycles. The molecular formula is C75H133N3O11Si. The fourth-order valence-electron chi connectivity index (χ4n) is 11.7. The van der Waals surface area contributed by atoms with E-state index in [4.69, 9.17) is 28.1 Å². The predicted octanol–water partition coefficient (Wildman–Crippen LogP) is 20.6. The number of carbonyl (C=O) groups excluding carboxylic acids is 3. The maximum atomic E-state index is 14.5. The Kier molecular flexibility index (Phi) is 44.5. The number of ketones is 1. The van der Waals surface area contributed by atoms with Gasteiger partial charge in [-0.15, -0.1) is 0 Å². The van der Waals surface area contributed by atoms with Gasteiger partial charge in [0.1, 0.15) is 23.8 Å². The molecule has 518 valence electrons. The van der Waals surface area contributed by atoms with Crippen LogP contribution >= 0.6 is 0 Å². The summed E-state index contributed by atoms with van der Waals surface area (Å²) in [5, 5.41) is 13.1. The number of esters is 1. The van der Waals surface area contributed by atoms with Gasteiger partial charge in [-0.25, -0.2) is 4.79 Å². The third kappa shape index (κ3) is 34.9. The van der Waals surface area contributed by atoms with E-state index in [1.54, 1.807) is 12.1 Å². The van der Waals surface area contributed by atoms with Crippen LogP contribution in [0.15, 0.2) is 29.2 Å². The monoisotopic (exact) mass is 1280 g/mol. The van der Waals surface area contributed by atoms with Crippen molar-refractivity contribution >= 4 is 31.8 Å². The first-order valence-corrected chi connectivity index (χ1v) is 40.1. The Hall–Kier alpha value is -3.79. The number of benzene rings is 1. The Morgan fingerprint density at radius 2 is 0.922 bits per heavy atom. The molecule has 0 spiro atoms. The lowest BCUT2D eigenvalue weighted by atomic mass is 10.0. The fourth-order valence-corrected chi connectivity index (χ4v) is 13.0. The quantitative estimate of drug-likeness (QED) is 0.0365. The Morgan fingerprint density at radius 3 is 1.27 bits per heavy atom. The summed E-state index contributed by atoms with van der Waals surface area (Å²) in [6.07, 6.45) is 50.2. The van der Waals surface area contributed by atoms with Crippen LogP contribution in [0.1, 0.15) is 348 Å². The molecule has 2 aromatic rings. The molecule has 1 aromatic heterocycles. The zero-order valence-electron chi connectivity index (χ0n) is 59.0. The molecule has 0 radical (unpaired) electrons. The van der Waals surface area contributed by atoms with Gasteiger partial charge in [0, 0.05) is 18.2 Å². The number of ether oxygens (including phenoxy) is 5. The number of aromatic nitrogens is 2. The van der Waals surface area contributed by atoms with Crippen LogP contribution in [0, 0.1) is 0 Å². The summed E-state index contributed by atoms with van der Waals surface area (Å²) in [5.74, 6) is 0.158. The van der Waals surface area contributed by atoms with Crippen molar-refractivity contribution in [1.29, 1.82) is 0 Å². The summed E-state index contributed by atoms with van der Waals surface area (Å²) in [7, 11) is -2.63. The summed E-state index contributed by atoms with van der Waals surface area (Å²) in [6.45, 7) is 19.4. The van der Waals surface area contributed by atoms with E-state index in [1.807, 2.05) is 13.1 Å². The van der Waals surface area contributed by atoms with Crippen molar-refractivity contribution in [3.63, 3.8) is 0 Å². The molecule has 4 atom stereocenters. The number of anilines is 1. The van der Waals surface area contributed by atoms with Crippen molar-refractivity contribution in [2.45, 2.75) is 374 Å². The van der Waals surface area contributed by atoms with Crippen LogP contribution in [0.5, 0.6) is 17.2 Å². The Bertz CT molecular complexity index is 2180. The summed E-state index contributed by atoms with van der Waals surface area (Å²) < 4.78 is 40.2. The molecule has 0 bridgehead atoms. The van der Waals surface area contributed by atoms with Crippen molar-refractivity contribution in [2.75, 3.05) is 31.7 Å². The minimum absolute atomic E-state index is 0.00316. The second-order valence-corrected chi connectivity index (χ2v) is 32.6. The molecule has 1 aliphatic heterocycles. The average Bonchev–Trinajstić information content (AvgIpc) is 1.58. The van der Waals surface area contributed by atoms with Gasteiger partial charge < -0.3 is 43.3 Å². The second kappa shape index (κ2) is 49.7. The van der Waals surface area contributed by atoms with E-state index < -0.39 is 57.0 Å². The average molecular weight is 1280 g/mol. The third-order valence-electron chi connectivity index (χ3n) is 18.5. The van der Waals surface area contributed by atoms with Gasteiger partial charge in [-0.05, 0) is 62.5 Å². The van der Waals surface area contributed by atoms with Gasteiger partial charge in [-0.1, -0.05) is 292 Å². The predicted molar refractivity (Wildman–Crippen MR) is 373 cm³/mol. The maximum absolute atomic E-state index is 14.5. The van der Waals surface area contributed by atoms with E-state index in [0.29, 0.717) is 37.1 Å². The number of amides is 1. The standard InChI is InChI=1S/C75H133N3O11Si/c1-10-13-16-19-22-25-28-31-34-37-40-43-46-49-56-84-64-59-63(72(82)76-67-54-55-78(74(83)77-67)73-71(89-90(8,9)75(5,6)7)70(66(61-79)87-73)88-68(81)53-52-62(4)80)60-65(85-57-50-47-44-41-38-35-32-29-26-23-20-17-14-11-2)69(64)86-58-51-48-45-42-39-36-33-30-27-24-21-18-15-12-3/h54-55,59-60,66,70-71,73,79H,10-53,56-58,61H2,1-9H3,(H,76,77,82,83)/t66-,70-,71-,73-/m1/s1. The van der Waals surface area contributed by atoms with E-state index in [9.17, 15) is 24.3 Å². The molecule has 2 heterocycles. The van der Waals surface area contributed by atoms with Gasteiger partial charge in [-0.3, -0.25) is 14.2 Å². The molecule has 0 unspecified atom stereocenters. The number of aliphatic hydroxyl groups excluding tert-OH is 1. The summed E-state index contributed by atoms with van der Waals surface area (Å²) in [4.78, 5) is 57.8. The molecule has 1 aliphatic rings. The first-order valence-electron chi connectivity index (χ1n) is 37.2. The van der Waals surface area contributed by atoms with Gasteiger partial charge >= 0.3 is 11.7 Å². The van der Waals surface area contributed by atoms with Crippen LogP contribution in [0.25, 0.3) is 0 Å². The highest BCUT2D eigenvalue weighted by Gasteiger charge is 2.53. The number of hydrogen-bond acceptors (Lipinski definition) is 12. The van der Waals surface area contributed by atoms with E-state index in [2.05, 4.69) is 51.8 Å². The topological polar surface area (TPSA) is 174 Å². The largest absolute Gasteiger partial charge is 0.490 e. The molecule has 0 saturated carbocycles. The van der Waals surface area contributed by atoms with E-state index in [-0.39, 0.29) is 35.0 Å². The van der Waals surface area contributed by atoms with Crippen LogP contribution in [0.4, 0.5) is 5.82 Å². The Morgan fingerprint density at radius 1 is 0.556 bits per heavy atom. The summed E-state index contributed by atoms with van der Waals surface area (Å²) in [6, 6.07) is 4.96. The van der Waals surface area contributed by atoms with Crippen molar-refractivity contribution in [1.82, 2.24) is 9.55 Å². The van der Waals surface area contributed by atoms with Gasteiger partial charge in [0.2, 0.25) is 5.75 Å². The van der Waals surface area contributed by atoms with Crippen molar-refractivity contribution in [2.24, 2.45) is 0 Å². The minimum Gasteiger partial charge on any atom is -0.490 e. The Balaban J connectivity index is 1.82. The smallest absolute Gasteiger partial charge is 0.351 e. The number of aliphatic hydroxyl groups is 1. The van der Waals surface area contributed by atoms with Crippen LogP contribution in [0.3, 0.4) is 0 Å². The van der Waals surface area contributed by atoms with Gasteiger partial charge in [0.25, 0.3) is 5.91 Å². The first kappa shape index (κ1) is 80.4. The molecule has 1 saturated heterocycles. The van der Waals surface area contributed by atoms with E-state index in [1.165, 1.54) is 242 Å².